The molecule has 0 bridgehead atoms. The molecule has 3 N–H and O–H groups in total. The summed E-state index contributed by atoms with van der Waals surface area (Å²) in [6.07, 6.45) is 0.671. The first-order chi connectivity index (χ1) is 3.80. The molecule has 8 heavy (non-hydrogen) atoms. The Morgan fingerprint density at radius 2 is 2.50 bits per heavy atom. The van der Waals surface area contributed by atoms with Crippen molar-refractivity contribution in [3.63, 3.8) is 0 Å². The Morgan fingerprint density at radius 3 is 2.88 bits per heavy atom. The number of hydrogen-bond donors (Lipinski definition) is 2. The lowest BCUT2D eigenvalue weighted by Gasteiger charge is -2.02. The van der Waals surface area contributed by atoms with Crippen molar-refractivity contribution in [2.24, 2.45) is 21.2 Å². The summed E-state index contributed by atoms with van der Waals surface area (Å²) >= 11 is 0. The van der Waals surface area contributed by atoms with Gasteiger partial charge in [-0.25, -0.2) is 0 Å². The van der Waals surface area contributed by atoms with Crippen LogP contribution >= 0.6 is 0 Å². The third-order valence-electron chi connectivity index (χ3n) is 0.743. The average Bonchev–Trinajstić information content (AvgIpc) is 1.77. The van der Waals surface area contributed by atoms with Crippen LogP contribution in [0.25, 0.3) is 0 Å². The second-order valence-electron chi connectivity index (χ2n) is 1.35. The van der Waals surface area contributed by atoms with Gasteiger partial charge in [0, 0.05) is 0 Å². The lowest BCUT2D eigenvalue weighted by atomic mass is 10.3. The minimum Gasteiger partial charge on any atom is -0.303 e. The van der Waals surface area contributed by atoms with E-state index >= 15 is 0 Å². The molecule has 1 rings (SSSR count). The molecular formula is C3H5N5. The van der Waals surface area contributed by atoms with E-state index in [0.29, 0.717) is 0 Å². The van der Waals surface area contributed by atoms with Gasteiger partial charge in [0.15, 0.2) is 6.17 Å². The first kappa shape index (κ1) is 5.04. The van der Waals surface area contributed by atoms with Crippen molar-refractivity contribution in [2.45, 2.75) is 6.17 Å². The van der Waals surface area contributed by atoms with E-state index in [-0.39, 0.29) is 5.71 Å². The molecule has 1 atom stereocenters. The average molecular weight is 111 g/mol. The van der Waals surface area contributed by atoms with Crippen molar-refractivity contribution >= 4 is 11.9 Å². The number of nitrogens with zero attached hydrogens (tertiary/aromatic N) is 3. The molecule has 5 heteroatoms. The summed E-state index contributed by atoms with van der Waals surface area (Å²) in [5.74, 6) is 0. The summed E-state index contributed by atoms with van der Waals surface area (Å²) in [5, 5.41) is 16.9. The van der Waals surface area contributed by atoms with Crippen molar-refractivity contribution in [1.82, 2.24) is 0 Å². The Labute approximate surface area is 45.8 Å². The zero-order valence-electron chi connectivity index (χ0n) is 4.07. The molecular weight excluding hydrogens is 106 g/mol. The van der Waals surface area contributed by atoms with Crippen LogP contribution in [0.15, 0.2) is 15.4 Å². The molecule has 0 spiro atoms. The van der Waals surface area contributed by atoms with Gasteiger partial charge >= 0.3 is 0 Å². The van der Waals surface area contributed by atoms with E-state index in [2.05, 4.69) is 15.4 Å². The number of nitrogens with two attached hydrogens (primary N) is 1. The van der Waals surface area contributed by atoms with Crippen molar-refractivity contribution in [1.29, 1.82) is 5.41 Å². The van der Waals surface area contributed by atoms with Gasteiger partial charge in [0.2, 0.25) is 0 Å². The maximum atomic E-state index is 6.97. The predicted molar refractivity (Wildman–Crippen MR) is 29.1 cm³/mol. The minimum absolute atomic E-state index is 0.194. The zero-order valence-corrected chi connectivity index (χ0v) is 4.07. The first-order valence-corrected chi connectivity index (χ1v) is 2.08. The van der Waals surface area contributed by atoms with Gasteiger partial charge in [-0.2, -0.15) is 0 Å². The van der Waals surface area contributed by atoms with Gasteiger partial charge in [-0.3, -0.25) is 5.41 Å². The van der Waals surface area contributed by atoms with E-state index in [0.717, 1.165) is 0 Å². The smallest absolute Gasteiger partial charge is 0.164 e. The maximum absolute atomic E-state index is 6.97. The van der Waals surface area contributed by atoms with Gasteiger partial charge in [0.25, 0.3) is 0 Å². The Balaban J connectivity index is 2.74. The first-order valence-electron chi connectivity index (χ1n) is 2.08. The van der Waals surface area contributed by atoms with Crippen LogP contribution in [0.2, 0.25) is 0 Å². The van der Waals surface area contributed by atoms with Gasteiger partial charge in [-0.1, -0.05) is 0 Å². The van der Waals surface area contributed by atoms with Crippen LogP contribution in [0.1, 0.15) is 0 Å². The standard InChI is InChI=1S/C3H5N5/c4-2-1-6-8-7-3(2)5/h1,3-4H,5H2. The third kappa shape index (κ3) is 0.760. The van der Waals surface area contributed by atoms with Gasteiger partial charge in [-0.15, -0.1) is 10.2 Å². The summed E-state index contributed by atoms with van der Waals surface area (Å²) < 4.78 is 0. The Hall–Kier alpha value is -1.10. The molecule has 0 fully saturated rings. The second kappa shape index (κ2) is 1.79. The van der Waals surface area contributed by atoms with Crippen LogP contribution in [0.3, 0.4) is 0 Å². The van der Waals surface area contributed by atoms with Gasteiger partial charge in [0.1, 0.15) is 0 Å². The molecule has 0 amide bonds. The molecule has 0 radical (unpaired) electrons. The molecule has 0 aromatic heterocycles. The quantitative estimate of drug-likeness (QED) is 0.443. The molecule has 1 aliphatic heterocycles. The van der Waals surface area contributed by atoms with Gasteiger partial charge < -0.3 is 5.73 Å². The van der Waals surface area contributed by atoms with Gasteiger partial charge in [0.05, 0.1) is 11.9 Å². The van der Waals surface area contributed by atoms with Crippen LogP contribution in [-0.4, -0.2) is 18.1 Å². The van der Waals surface area contributed by atoms with Crippen molar-refractivity contribution in [3.05, 3.63) is 0 Å². The fourth-order valence-corrected chi connectivity index (χ4v) is 0.312. The highest BCUT2D eigenvalue weighted by Crippen LogP contribution is 1.90. The summed E-state index contributed by atoms with van der Waals surface area (Å²) in [5.41, 5.74) is 5.40. The summed E-state index contributed by atoms with van der Waals surface area (Å²) in [6, 6.07) is 0. The SMILES string of the molecule is N=C1C=NN=NC1N. The van der Waals surface area contributed by atoms with E-state index in [1.807, 2.05) is 0 Å². The maximum Gasteiger partial charge on any atom is 0.164 e. The normalized spacial score (nSPS) is 26.6. The molecule has 1 heterocycles. The van der Waals surface area contributed by atoms with E-state index in [4.69, 9.17) is 11.1 Å². The van der Waals surface area contributed by atoms with E-state index < -0.39 is 6.17 Å². The number of hydrogen-bond acceptors (Lipinski definition) is 5. The third-order valence-corrected chi connectivity index (χ3v) is 0.743. The van der Waals surface area contributed by atoms with Gasteiger partial charge in [-0.05, 0) is 5.22 Å². The highest BCUT2D eigenvalue weighted by Gasteiger charge is 2.06. The molecule has 0 aromatic rings. The Kier molecular flexibility index (Phi) is 1.13. The molecule has 1 unspecified atom stereocenters. The highest BCUT2D eigenvalue weighted by molar-refractivity contribution is 6.31. The Bertz CT molecular complexity index is 157. The molecule has 0 aromatic carbocycles. The topological polar surface area (TPSA) is 87.0 Å². The highest BCUT2D eigenvalue weighted by atomic mass is 15.4. The minimum atomic E-state index is -0.604. The largest absolute Gasteiger partial charge is 0.303 e. The fraction of sp³-hybridized carbons (Fsp3) is 0.333. The van der Waals surface area contributed by atoms with Crippen LogP contribution in [0.5, 0.6) is 0 Å². The zero-order chi connectivity index (χ0) is 5.98. The molecule has 0 saturated carbocycles. The van der Waals surface area contributed by atoms with Crippen LogP contribution in [-0.2, 0) is 0 Å². The number of rotatable bonds is 0. The molecule has 0 saturated heterocycles. The van der Waals surface area contributed by atoms with Crippen LogP contribution in [0, 0.1) is 5.41 Å². The van der Waals surface area contributed by atoms with Crippen molar-refractivity contribution in [3.8, 4) is 0 Å². The second-order valence-corrected chi connectivity index (χ2v) is 1.35. The molecule has 42 valence electrons. The fourth-order valence-electron chi connectivity index (χ4n) is 0.312. The van der Waals surface area contributed by atoms with Crippen molar-refractivity contribution in [2.75, 3.05) is 0 Å². The lowest BCUT2D eigenvalue weighted by Crippen LogP contribution is -2.29. The number of nitrogens with one attached hydrogen (secondary N) is 1. The Morgan fingerprint density at radius 1 is 1.75 bits per heavy atom. The van der Waals surface area contributed by atoms with E-state index in [1.54, 1.807) is 0 Å². The van der Waals surface area contributed by atoms with Crippen LogP contribution < -0.4 is 5.73 Å². The molecule has 1 aliphatic rings. The lowest BCUT2D eigenvalue weighted by molar-refractivity contribution is 0.803. The summed E-state index contributed by atoms with van der Waals surface area (Å²) in [7, 11) is 0. The van der Waals surface area contributed by atoms with E-state index in [9.17, 15) is 0 Å². The van der Waals surface area contributed by atoms with E-state index in [1.165, 1.54) is 6.21 Å². The monoisotopic (exact) mass is 111 g/mol. The predicted octanol–water partition coefficient (Wildman–Crippen LogP) is -0.257. The summed E-state index contributed by atoms with van der Waals surface area (Å²) in [6.45, 7) is 0. The van der Waals surface area contributed by atoms with Crippen molar-refractivity contribution < 1.29 is 0 Å². The molecule has 0 aliphatic carbocycles. The molecule has 5 nitrogen and oxygen atoms in total. The van der Waals surface area contributed by atoms with Crippen LogP contribution in [0.4, 0.5) is 0 Å². The summed E-state index contributed by atoms with van der Waals surface area (Å²) in [4.78, 5) is 0.